The van der Waals surface area contributed by atoms with E-state index in [1.165, 1.54) is 19.3 Å². The minimum absolute atomic E-state index is 0.469. The van der Waals surface area contributed by atoms with E-state index in [-0.39, 0.29) is 0 Å². The SMILES string of the molecule is CC(C)C1CC[C@@H](C)[C@H](N)C1. The van der Waals surface area contributed by atoms with E-state index in [2.05, 4.69) is 20.8 Å². The molecule has 0 saturated heterocycles. The van der Waals surface area contributed by atoms with E-state index < -0.39 is 0 Å². The third-order valence-corrected chi connectivity index (χ3v) is 3.24. The Bertz CT molecular complexity index is 120. The van der Waals surface area contributed by atoms with E-state index in [1.807, 2.05) is 0 Å². The third kappa shape index (κ3) is 2.19. The largest absolute Gasteiger partial charge is 0.327 e. The highest BCUT2D eigenvalue weighted by molar-refractivity contribution is 4.81. The van der Waals surface area contributed by atoms with E-state index in [4.69, 9.17) is 5.73 Å². The fourth-order valence-electron chi connectivity index (χ4n) is 2.00. The van der Waals surface area contributed by atoms with Crippen molar-refractivity contribution in [2.24, 2.45) is 23.5 Å². The summed E-state index contributed by atoms with van der Waals surface area (Å²) >= 11 is 0. The molecule has 3 atom stereocenters. The summed E-state index contributed by atoms with van der Waals surface area (Å²) in [4.78, 5) is 0. The van der Waals surface area contributed by atoms with Crippen LogP contribution in [0.15, 0.2) is 0 Å². The van der Waals surface area contributed by atoms with Crippen LogP contribution in [0.1, 0.15) is 40.0 Å². The molecule has 1 fully saturated rings. The molecule has 66 valence electrons. The lowest BCUT2D eigenvalue weighted by Crippen LogP contribution is -2.36. The second-order valence-corrected chi connectivity index (χ2v) is 4.46. The number of nitrogens with two attached hydrogens (primary N) is 1. The Kier molecular flexibility index (Phi) is 2.94. The molecule has 0 aromatic carbocycles. The van der Waals surface area contributed by atoms with Crippen molar-refractivity contribution in [3.8, 4) is 0 Å². The summed E-state index contributed by atoms with van der Waals surface area (Å²) in [5.74, 6) is 2.47. The van der Waals surface area contributed by atoms with E-state index in [0.717, 1.165) is 17.8 Å². The lowest BCUT2D eigenvalue weighted by molar-refractivity contribution is 0.206. The van der Waals surface area contributed by atoms with Gasteiger partial charge in [-0.1, -0.05) is 20.8 Å². The van der Waals surface area contributed by atoms with Crippen LogP contribution in [0.2, 0.25) is 0 Å². The molecular formula is C10H21N. The van der Waals surface area contributed by atoms with Crippen LogP contribution < -0.4 is 5.73 Å². The predicted octanol–water partition coefficient (Wildman–Crippen LogP) is 2.41. The first kappa shape index (κ1) is 9.05. The van der Waals surface area contributed by atoms with Gasteiger partial charge in [0.15, 0.2) is 0 Å². The summed E-state index contributed by atoms with van der Waals surface area (Å²) in [6, 6.07) is 0.469. The zero-order valence-corrected chi connectivity index (χ0v) is 8.01. The Morgan fingerprint density at radius 2 is 1.91 bits per heavy atom. The Morgan fingerprint density at radius 1 is 1.27 bits per heavy atom. The molecule has 1 heteroatoms. The molecule has 0 aromatic heterocycles. The van der Waals surface area contributed by atoms with Crippen molar-refractivity contribution >= 4 is 0 Å². The van der Waals surface area contributed by atoms with E-state index in [9.17, 15) is 0 Å². The first-order valence-electron chi connectivity index (χ1n) is 4.87. The van der Waals surface area contributed by atoms with E-state index in [1.54, 1.807) is 0 Å². The monoisotopic (exact) mass is 155 g/mol. The van der Waals surface area contributed by atoms with Crippen LogP contribution in [0, 0.1) is 17.8 Å². The standard InChI is InChI=1S/C10H21N/c1-7(2)9-5-4-8(3)10(11)6-9/h7-10H,4-6,11H2,1-3H3/t8-,9?,10-/m1/s1. The van der Waals surface area contributed by atoms with E-state index in [0.29, 0.717) is 6.04 Å². The molecule has 1 nitrogen and oxygen atoms in total. The Hall–Kier alpha value is -0.0400. The van der Waals surface area contributed by atoms with Crippen LogP contribution in [0.5, 0.6) is 0 Å². The summed E-state index contributed by atoms with van der Waals surface area (Å²) < 4.78 is 0. The molecule has 1 aliphatic carbocycles. The van der Waals surface area contributed by atoms with Crippen LogP contribution in [-0.4, -0.2) is 6.04 Å². The Labute approximate surface area is 70.4 Å². The minimum Gasteiger partial charge on any atom is -0.327 e. The highest BCUT2D eigenvalue weighted by Gasteiger charge is 2.26. The van der Waals surface area contributed by atoms with Crippen molar-refractivity contribution < 1.29 is 0 Å². The number of hydrogen-bond donors (Lipinski definition) is 1. The predicted molar refractivity (Wildman–Crippen MR) is 49.3 cm³/mol. The molecule has 0 amide bonds. The molecule has 1 unspecified atom stereocenters. The van der Waals surface area contributed by atoms with Gasteiger partial charge in [-0.15, -0.1) is 0 Å². The molecule has 1 saturated carbocycles. The quantitative estimate of drug-likeness (QED) is 0.618. The number of rotatable bonds is 1. The maximum atomic E-state index is 6.01. The molecular weight excluding hydrogens is 134 g/mol. The van der Waals surface area contributed by atoms with Gasteiger partial charge in [0.2, 0.25) is 0 Å². The maximum Gasteiger partial charge on any atom is 0.00672 e. The molecule has 0 aromatic rings. The lowest BCUT2D eigenvalue weighted by atomic mass is 9.75. The van der Waals surface area contributed by atoms with Gasteiger partial charge < -0.3 is 5.73 Å². The van der Waals surface area contributed by atoms with Gasteiger partial charge in [0.1, 0.15) is 0 Å². The average Bonchev–Trinajstić information content (AvgIpc) is 1.94. The molecule has 0 aliphatic heterocycles. The summed E-state index contributed by atoms with van der Waals surface area (Å²) in [6.07, 6.45) is 3.98. The molecule has 11 heavy (non-hydrogen) atoms. The van der Waals surface area contributed by atoms with Crippen LogP contribution in [0.4, 0.5) is 0 Å². The van der Waals surface area contributed by atoms with E-state index >= 15 is 0 Å². The topological polar surface area (TPSA) is 26.0 Å². The molecule has 0 radical (unpaired) electrons. The molecule has 0 spiro atoms. The molecule has 0 bridgehead atoms. The van der Waals surface area contributed by atoms with Crippen molar-refractivity contribution in [2.75, 3.05) is 0 Å². The van der Waals surface area contributed by atoms with Gasteiger partial charge in [-0.05, 0) is 37.0 Å². The second kappa shape index (κ2) is 3.57. The van der Waals surface area contributed by atoms with Crippen LogP contribution in [0.25, 0.3) is 0 Å². The highest BCUT2D eigenvalue weighted by atomic mass is 14.7. The van der Waals surface area contributed by atoms with Gasteiger partial charge >= 0.3 is 0 Å². The third-order valence-electron chi connectivity index (χ3n) is 3.24. The molecule has 1 rings (SSSR count). The van der Waals surface area contributed by atoms with Crippen molar-refractivity contribution in [2.45, 2.75) is 46.1 Å². The molecule has 0 heterocycles. The maximum absolute atomic E-state index is 6.01. The van der Waals surface area contributed by atoms with Gasteiger partial charge in [-0.2, -0.15) is 0 Å². The Balaban J connectivity index is 2.40. The second-order valence-electron chi connectivity index (χ2n) is 4.46. The van der Waals surface area contributed by atoms with Crippen molar-refractivity contribution in [3.63, 3.8) is 0 Å². The van der Waals surface area contributed by atoms with Crippen LogP contribution >= 0.6 is 0 Å². The zero-order valence-electron chi connectivity index (χ0n) is 8.01. The van der Waals surface area contributed by atoms with Crippen molar-refractivity contribution in [3.05, 3.63) is 0 Å². The summed E-state index contributed by atoms with van der Waals surface area (Å²) in [7, 11) is 0. The van der Waals surface area contributed by atoms with Crippen LogP contribution in [0.3, 0.4) is 0 Å². The normalized spacial score (nSPS) is 39.5. The number of hydrogen-bond acceptors (Lipinski definition) is 1. The van der Waals surface area contributed by atoms with Crippen molar-refractivity contribution in [1.82, 2.24) is 0 Å². The highest BCUT2D eigenvalue weighted by Crippen LogP contribution is 2.32. The fourth-order valence-corrected chi connectivity index (χ4v) is 2.00. The van der Waals surface area contributed by atoms with Gasteiger partial charge in [0, 0.05) is 6.04 Å². The molecule has 2 N–H and O–H groups in total. The first-order chi connectivity index (χ1) is 5.11. The Morgan fingerprint density at radius 3 is 2.36 bits per heavy atom. The summed E-state index contributed by atoms with van der Waals surface area (Å²) in [5.41, 5.74) is 6.01. The van der Waals surface area contributed by atoms with Gasteiger partial charge in [-0.25, -0.2) is 0 Å². The summed E-state index contributed by atoms with van der Waals surface area (Å²) in [5, 5.41) is 0. The smallest absolute Gasteiger partial charge is 0.00672 e. The fraction of sp³-hybridized carbons (Fsp3) is 1.00. The van der Waals surface area contributed by atoms with Gasteiger partial charge in [0.25, 0.3) is 0 Å². The van der Waals surface area contributed by atoms with Gasteiger partial charge in [0.05, 0.1) is 0 Å². The first-order valence-corrected chi connectivity index (χ1v) is 4.87. The molecule has 1 aliphatic rings. The lowest BCUT2D eigenvalue weighted by Gasteiger charge is -2.33. The minimum atomic E-state index is 0.469. The van der Waals surface area contributed by atoms with Gasteiger partial charge in [-0.3, -0.25) is 0 Å². The van der Waals surface area contributed by atoms with Crippen LogP contribution in [-0.2, 0) is 0 Å². The van der Waals surface area contributed by atoms with Crippen molar-refractivity contribution in [1.29, 1.82) is 0 Å². The summed E-state index contributed by atoms with van der Waals surface area (Å²) in [6.45, 7) is 6.90. The average molecular weight is 155 g/mol. The zero-order chi connectivity index (χ0) is 8.43.